The van der Waals surface area contributed by atoms with Gasteiger partial charge in [-0.2, -0.15) is 0 Å². The molecule has 0 aliphatic rings. The molecule has 0 saturated carbocycles. The number of allylic oxidation sites excluding steroid dienone is 1. The Balaban J connectivity index is 1.93. The van der Waals surface area contributed by atoms with Gasteiger partial charge in [0, 0.05) is 18.1 Å². The number of rotatable bonds is 16. The first-order valence-corrected chi connectivity index (χ1v) is 10.7. The van der Waals surface area contributed by atoms with Crippen molar-refractivity contribution in [2.45, 2.75) is 96.8 Å². The van der Waals surface area contributed by atoms with Crippen molar-refractivity contribution in [3.63, 3.8) is 0 Å². The van der Waals surface area contributed by atoms with Crippen molar-refractivity contribution in [1.29, 1.82) is 0 Å². The molecule has 2 heteroatoms. The van der Waals surface area contributed by atoms with E-state index in [2.05, 4.69) is 6.92 Å². The van der Waals surface area contributed by atoms with Crippen molar-refractivity contribution in [2.75, 3.05) is 0 Å². The van der Waals surface area contributed by atoms with Crippen LogP contribution in [-0.4, -0.2) is 10.9 Å². The van der Waals surface area contributed by atoms with E-state index in [9.17, 15) is 9.90 Å². The van der Waals surface area contributed by atoms with Gasteiger partial charge in [-0.05, 0) is 6.42 Å². The Morgan fingerprint density at radius 2 is 1.23 bits per heavy atom. The van der Waals surface area contributed by atoms with Gasteiger partial charge in [-0.15, -0.1) is 0 Å². The molecule has 0 amide bonds. The lowest BCUT2D eigenvalue weighted by Crippen LogP contribution is -1.95. The van der Waals surface area contributed by atoms with Crippen molar-refractivity contribution in [2.24, 2.45) is 0 Å². The number of aliphatic hydroxyl groups is 1. The van der Waals surface area contributed by atoms with Crippen molar-refractivity contribution in [1.82, 2.24) is 0 Å². The van der Waals surface area contributed by atoms with Gasteiger partial charge >= 0.3 is 0 Å². The number of carbonyl (C=O) groups is 1. The maximum absolute atomic E-state index is 11.9. The average molecular weight is 359 g/mol. The van der Waals surface area contributed by atoms with Gasteiger partial charge in [-0.1, -0.05) is 114 Å². The van der Waals surface area contributed by atoms with Crippen LogP contribution in [0.3, 0.4) is 0 Å². The molecular formula is C24H38O2. The van der Waals surface area contributed by atoms with E-state index in [0.29, 0.717) is 12.0 Å². The third-order valence-corrected chi connectivity index (χ3v) is 4.89. The van der Waals surface area contributed by atoms with Gasteiger partial charge in [0.15, 0.2) is 5.78 Å². The number of unbranched alkanes of at least 4 members (excludes halogenated alkanes) is 12. The highest BCUT2D eigenvalue weighted by atomic mass is 16.3. The summed E-state index contributed by atoms with van der Waals surface area (Å²) in [6, 6.07) is 9.23. The molecule has 2 nitrogen and oxygen atoms in total. The molecule has 0 radical (unpaired) electrons. The van der Waals surface area contributed by atoms with Gasteiger partial charge in [0.1, 0.15) is 5.76 Å². The second-order valence-electron chi connectivity index (χ2n) is 7.35. The molecule has 0 spiro atoms. The molecule has 26 heavy (non-hydrogen) atoms. The van der Waals surface area contributed by atoms with Gasteiger partial charge in [0.2, 0.25) is 0 Å². The molecule has 0 bridgehead atoms. The molecule has 146 valence electrons. The van der Waals surface area contributed by atoms with Crippen LogP contribution in [0.2, 0.25) is 0 Å². The number of benzene rings is 1. The molecule has 0 aliphatic carbocycles. The predicted molar refractivity (Wildman–Crippen MR) is 112 cm³/mol. The molecule has 0 unspecified atom stereocenters. The van der Waals surface area contributed by atoms with Crippen LogP contribution in [0.4, 0.5) is 0 Å². The fraction of sp³-hybridized carbons (Fsp3) is 0.625. The molecular weight excluding hydrogens is 320 g/mol. The number of aliphatic hydroxyl groups excluding tert-OH is 1. The molecule has 0 heterocycles. The van der Waals surface area contributed by atoms with Gasteiger partial charge in [0.25, 0.3) is 0 Å². The van der Waals surface area contributed by atoms with Crippen LogP contribution in [0.15, 0.2) is 36.4 Å². The number of carbonyl (C=O) groups excluding carboxylic acids is 1. The lowest BCUT2D eigenvalue weighted by molar-refractivity contribution is -0.114. The van der Waals surface area contributed by atoms with E-state index in [4.69, 9.17) is 0 Å². The summed E-state index contributed by atoms with van der Waals surface area (Å²) in [5.74, 6) is 0.0970. The largest absolute Gasteiger partial charge is 0.507 e. The minimum absolute atomic E-state index is 0.0226. The minimum Gasteiger partial charge on any atom is -0.507 e. The van der Waals surface area contributed by atoms with Gasteiger partial charge in [0.05, 0.1) is 0 Å². The number of hydrogen-bond acceptors (Lipinski definition) is 2. The Bertz CT molecular complexity index is 490. The van der Waals surface area contributed by atoms with Gasteiger partial charge in [-0.25, -0.2) is 0 Å². The Labute approximate surface area is 160 Å². The van der Waals surface area contributed by atoms with Gasteiger partial charge < -0.3 is 5.11 Å². The lowest BCUT2D eigenvalue weighted by atomic mass is 10.0. The predicted octanol–water partition coefficient (Wildman–Crippen LogP) is 7.64. The Morgan fingerprint density at radius 1 is 0.769 bits per heavy atom. The Kier molecular flexibility index (Phi) is 13.5. The highest BCUT2D eigenvalue weighted by Gasteiger charge is 2.03. The summed E-state index contributed by atoms with van der Waals surface area (Å²) in [6.45, 7) is 2.27. The van der Waals surface area contributed by atoms with E-state index in [-0.39, 0.29) is 11.5 Å². The zero-order valence-electron chi connectivity index (χ0n) is 16.7. The highest BCUT2D eigenvalue weighted by molar-refractivity contribution is 5.95. The van der Waals surface area contributed by atoms with Crippen molar-refractivity contribution >= 4 is 11.5 Å². The van der Waals surface area contributed by atoms with Crippen molar-refractivity contribution in [3.05, 3.63) is 42.0 Å². The summed E-state index contributed by atoms with van der Waals surface area (Å²) >= 11 is 0. The molecule has 0 aromatic heterocycles. The standard InChI is InChI=1S/C24H38O2/c1-2-3-4-5-6-7-8-9-10-11-12-13-17-20-23(25)21-24(26)22-18-15-14-16-19-22/h14-16,18-19,21,26H,2-13,17,20H2,1H3. The molecule has 1 aromatic carbocycles. The van der Waals surface area contributed by atoms with E-state index < -0.39 is 0 Å². The second kappa shape index (κ2) is 15.7. The van der Waals surface area contributed by atoms with E-state index in [1.54, 1.807) is 0 Å². The zero-order valence-corrected chi connectivity index (χ0v) is 16.7. The quantitative estimate of drug-likeness (QED) is 0.187. The summed E-state index contributed by atoms with van der Waals surface area (Å²) in [5, 5.41) is 9.94. The molecule has 0 fully saturated rings. The summed E-state index contributed by atoms with van der Waals surface area (Å²) < 4.78 is 0. The first kappa shape index (κ1) is 22.5. The van der Waals surface area contributed by atoms with Crippen molar-refractivity contribution in [3.8, 4) is 0 Å². The summed E-state index contributed by atoms with van der Waals surface area (Å²) in [5.41, 5.74) is 0.700. The SMILES string of the molecule is CCCCCCCCCCCCCCCC(=O)C=C(O)c1ccccc1. The molecule has 0 aliphatic heterocycles. The Morgan fingerprint density at radius 3 is 1.73 bits per heavy atom. The van der Waals surface area contributed by atoms with Crippen LogP contribution in [0.5, 0.6) is 0 Å². The normalized spacial score (nSPS) is 11.7. The molecule has 1 aromatic rings. The molecule has 0 atom stereocenters. The highest BCUT2D eigenvalue weighted by Crippen LogP contribution is 2.14. The van der Waals surface area contributed by atoms with Crippen LogP contribution in [0, 0.1) is 0 Å². The van der Waals surface area contributed by atoms with Crippen LogP contribution < -0.4 is 0 Å². The van der Waals surface area contributed by atoms with E-state index in [0.717, 1.165) is 12.8 Å². The Hall–Kier alpha value is -1.57. The first-order valence-electron chi connectivity index (χ1n) is 10.7. The maximum Gasteiger partial charge on any atom is 0.159 e. The maximum atomic E-state index is 11.9. The van der Waals surface area contributed by atoms with Gasteiger partial charge in [-0.3, -0.25) is 4.79 Å². The zero-order chi connectivity index (χ0) is 18.9. The lowest BCUT2D eigenvalue weighted by Gasteiger charge is -2.03. The smallest absolute Gasteiger partial charge is 0.159 e. The van der Waals surface area contributed by atoms with Crippen LogP contribution in [0.25, 0.3) is 5.76 Å². The van der Waals surface area contributed by atoms with Crippen LogP contribution >= 0.6 is 0 Å². The molecule has 1 N–H and O–H groups in total. The topological polar surface area (TPSA) is 37.3 Å². The van der Waals surface area contributed by atoms with E-state index >= 15 is 0 Å². The number of ketones is 1. The first-order chi connectivity index (χ1) is 12.7. The van der Waals surface area contributed by atoms with E-state index in [1.165, 1.54) is 76.7 Å². The average Bonchev–Trinajstić information content (AvgIpc) is 2.66. The summed E-state index contributed by atoms with van der Waals surface area (Å²) in [7, 11) is 0. The van der Waals surface area contributed by atoms with Crippen molar-refractivity contribution < 1.29 is 9.90 Å². The molecule has 0 saturated heterocycles. The second-order valence-corrected chi connectivity index (χ2v) is 7.35. The minimum atomic E-state index is 0.0226. The van der Waals surface area contributed by atoms with Crippen LogP contribution in [-0.2, 0) is 4.79 Å². The third kappa shape index (κ3) is 11.9. The number of hydrogen-bond donors (Lipinski definition) is 1. The third-order valence-electron chi connectivity index (χ3n) is 4.89. The molecule has 1 rings (SSSR count). The van der Waals surface area contributed by atoms with E-state index in [1.807, 2.05) is 30.3 Å². The summed E-state index contributed by atoms with van der Waals surface area (Å²) in [4.78, 5) is 11.9. The fourth-order valence-corrected chi connectivity index (χ4v) is 3.23. The summed E-state index contributed by atoms with van der Waals surface area (Å²) in [6.07, 6.45) is 18.9. The monoisotopic (exact) mass is 358 g/mol. The fourth-order valence-electron chi connectivity index (χ4n) is 3.23. The van der Waals surface area contributed by atoms with Crippen LogP contribution in [0.1, 0.15) is 102 Å².